The third-order valence-corrected chi connectivity index (χ3v) is 7.30. The second-order valence-corrected chi connectivity index (χ2v) is 10.0. The molecule has 1 amide bonds. The highest BCUT2D eigenvalue weighted by molar-refractivity contribution is 5.97. The molecular formula is C28H34N6O3. The van der Waals surface area contributed by atoms with Gasteiger partial charge < -0.3 is 29.3 Å². The molecule has 5 heterocycles. The Kier molecular flexibility index (Phi) is 6.74. The lowest BCUT2D eigenvalue weighted by Gasteiger charge is -2.31. The number of pyridine rings is 2. The molecule has 0 bridgehead atoms. The lowest BCUT2D eigenvalue weighted by atomic mass is 9.92. The molecule has 0 aliphatic carbocycles. The van der Waals surface area contributed by atoms with Crippen LogP contribution in [0.15, 0.2) is 41.7 Å². The van der Waals surface area contributed by atoms with Crippen LogP contribution in [0.25, 0.3) is 16.8 Å². The van der Waals surface area contributed by atoms with Crippen molar-refractivity contribution in [3.63, 3.8) is 0 Å². The van der Waals surface area contributed by atoms with E-state index in [1.807, 2.05) is 50.7 Å². The largest absolute Gasteiger partial charge is 0.375 e. The van der Waals surface area contributed by atoms with Crippen LogP contribution in [-0.2, 0) is 18.3 Å². The summed E-state index contributed by atoms with van der Waals surface area (Å²) in [5, 5.41) is 6.40. The van der Waals surface area contributed by atoms with Crippen molar-refractivity contribution in [1.29, 1.82) is 0 Å². The van der Waals surface area contributed by atoms with Gasteiger partial charge in [0.2, 0.25) is 0 Å². The molecule has 9 nitrogen and oxygen atoms in total. The molecule has 1 aliphatic rings. The lowest BCUT2D eigenvalue weighted by molar-refractivity contribution is 0.0135. The number of fused-ring (bicyclic) bond motifs is 1. The molecule has 1 fully saturated rings. The van der Waals surface area contributed by atoms with Crippen molar-refractivity contribution in [1.82, 2.24) is 29.6 Å². The Morgan fingerprint density at radius 1 is 1.24 bits per heavy atom. The minimum Gasteiger partial charge on any atom is -0.375 e. The third-order valence-electron chi connectivity index (χ3n) is 7.30. The first-order valence-corrected chi connectivity index (χ1v) is 12.7. The van der Waals surface area contributed by atoms with Gasteiger partial charge >= 0.3 is 0 Å². The molecule has 0 aromatic carbocycles. The summed E-state index contributed by atoms with van der Waals surface area (Å²) in [6.07, 6.45) is 5.84. The Hall–Kier alpha value is -3.69. The summed E-state index contributed by atoms with van der Waals surface area (Å²) in [6, 6.07) is 5.89. The van der Waals surface area contributed by atoms with E-state index in [0.29, 0.717) is 17.7 Å². The molecule has 9 heteroatoms. The maximum atomic E-state index is 13.5. The van der Waals surface area contributed by atoms with Crippen LogP contribution in [0, 0.1) is 20.8 Å². The molecule has 0 radical (unpaired) electrons. The second-order valence-electron chi connectivity index (χ2n) is 10.0. The van der Waals surface area contributed by atoms with E-state index in [4.69, 9.17) is 4.74 Å². The van der Waals surface area contributed by atoms with E-state index in [1.165, 1.54) is 0 Å². The van der Waals surface area contributed by atoms with Gasteiger partial charge in [0, 0.05) is 78.6 Å². The van der Waals surface area contributed by atoms with E-state index in [0.717, 1.165) is 52.4 Å². The van der Waals surface area contributed by atoms with Gasteiger partial charge in [-0.25, -0.2) is 4.98 Å². The average Bonchev–Trinajstić information content (AvgIpc) is 3.49. The van der Waals surface area contributed by atoms with E-state index < -0.39 is 0 Å². The summed E-state index contributed by atoms with van der Waals surface area (Å²) in [5.41, 5.74) is 7.32. The van der Waals surface area contributed by atoms with Gasteiger partial charge in [0.25, 0.3) is 11.5 Å². The fraction of sp³-hybridized carbons (Fsp3) is 0.393. The Morgan fingerprint density at radius 3 is 2.73 bits per heavy atom. The van der Waals surface area contributed by atoms with Crippen LogP contribution in [-0.4, -0.2) is 50.6 Å². The molecule has 0 spiro atoms. The number of nitrogens with zero attached hydrogens (tertiary/aromatic N) is 3. The number of aryl methyl sites for hydroxylation is 3. The topological polar surface area (TPSA) is 105 Å². The van der Waals surface area contributed by atoms with Crippen molar-refractivity contribution in [3.05, 3.63) is 80.9 Å². The van der Waals surface area contributed by atoms with Gasteiger partial charge in [0.1, 0.15) is 0 Å². The first-order chi connectivity index (χ1) is 17.7. The van der Waals surface area contributed by atoms with Crippen molar-refractivity contribution >= 4 is 11.4 Å². The number of carbonyl (C=O) groups is 1. The zero-order valence-electron chi connectivity index (χ0n) is 22.0. The van der Waals surface area contributed by atoms with E-state index in [2.05, 4.69) is 44.2 Å². The summed E-state index contributed by atoms with van der Waals surface area (Å²) in [6.45, 7) is 10.3. The van der Waals surface area contributed by atoms with E-state index >= 15 is 0 Å². The van der Waals surface area contributed by atoms with Gasteiger partial charge in [-0.05, 0) is 50.1 Å². The smallest absolute Gasteiger partial charge is 0.253 e. The van der Waals surface area contributed by atoms with E-state index in [-0.39, 0.29) is 30.0 Å². The number of amides is 1. The Labute approximate surface area is 215 Å². The minimum absolute atomic E-state index is 0.0107. The standard InChI is InChI=1S/C28H34N6O3/c1-16-8-17(2)32-28(36)23(16)11-30-27(35)22-10-21-9-20(24-14-33(5)15-31-24)13-34(21)26(18(22)3)19(4)25-12-29-6-7-37-25/h8-10,13-15,19,25,29H,6-7,11-12H2,1-5H3,(H,30,35)(H,32,36). The summed E-state index contributed by atoms with van der Waals surface area (Å²) in [5.74, 6) is -0.176. The molecule has 1 saturated heterocycles. The van der Waals surface area contributed by atoms with Gasteiger partial charge in [0.05, 0.1) is 24.7 Å². The highest BCUT2D eigenvalue weighted by atomic mass is 16.5. The molecule has 3 N–H and O–H groups in total. The van der Waals surface area contributed by atoms with E-state index in [9.17, 15) is 9.59 Å². The maximum Gasteiger partial charge on any atom is 0.253 e. The number of rotatable bonds is 6. The highest BCUT2D eigenvalue weighted by Crippen LogP contribution is 2.32. The van der Waals surface area contributed by atoms with Crippen molar-refractivity contribution in [2.75, 3.05) is 19.7 Å². The van der Waals surface area contributed by atoms with Crippen LogP contribution < -0.4 is 16.2 Å². The highest BCUT2D eigenvalue weighted by Gasteiger charge is 2.28. The lowest BCUT2D eigenvalue weighted by Crippen LogP contribution is -2.41. The Balaban J connectivity index is 1.55. The number of morpholine rings is 1. The van der Waals surface area contributed by atoms with Crippen molar-refractivity contribution in [2.45, 2.75) is 46.3 Å². The fourth-order valence-corrected chi connectivity index (χ4v) is 5.32. The third kappa shape index (κ3) is 4.84. The number of carbonyl (C=O) groups excluding carboxylic acids is 1. The normalized spacial score (nSPS) is 16.7. The quantitative estimate of drug-likeness (QED) is 0.376. The van der Waals surface area contributed by atoms with Crippen molar-refractivity contribution in [2.24, 2.45) is 7.05 Å². The number of H-pyrrole nitrogens is 1. The molecule has 37 heavy (non-hydrogen) atoms. The van der Waals surface area contributed by atoms with Gasteiger partial charge in [-0.15, -0.1) is 0 Å². The molecule has 0 saturated carbocycles. The number of hydrogen-bond acceptors (Lipinski definition) is 5. The van der Waals surface area contributed by atoms with Gasteiger partial charge in [0.15, 0.2) is 0 Å². The predicted molar refractivity (Wildman–Crippen MR) is 143 cm³/mol. The van der Waals surface area contributed by atoms with E-state index in [1.54, 1.807) is 6.33 Å². The predicted octanol–water partition coefficient (Wildman–Crippen LogP) is 2.98. The van der Waals surface area contributed by atoms with Crippen LogP contribution in [0.4, 0.5) is 0 Å². The van der Waals surface area contributed by atoms with Crippen LogP contribution in [0.5, 0.6) is 0 Å². The molecule has 5 rings (SSSR count). The summed E-state index contributed by atoms with van der Waals surface area (Å²) in [4.78, 5) is 33.3. The number of hydrogen-bond donors (Lipinski definition) is 3. The molecule has 2 atom stereocenters. The number of aromatic nitrogens is 4. The zero-order chi connectivity index (χ0) is 26.3. The summed E-state index contributed by atoms with van der Waals surface area (Å²) < 4.78 is 10.2. The zero-order valence-corrected chi connectivity index (χ0v) is 22.0. The Bertz CT molecular complexity index is 1520. The average molecular weight is 503 g/mol. The molecule has 4 aromatic heterocycles. The van der Waals surface area contributed by atoms with Crippen molar-refractivity contribution in [3.8, 4) is 11.3 Å². The molecule has 4 aromatic rings. The van der Waals surface area contributed by atoms with Gasteiger partial charge in [-0.1, -0.05) is 6.92 Å². The van der Waals surface area contributed by atoms with Crippen molar-refractivity contribution < 1.29 is 9.53 Å². The number of imidazole rings is 1. The van der Waals surface area contributed by atoms with Crippen LogP contribution in [0.1, 0.15) is 51.3 Å². The number of ether oxygens (including phenoxy) is 1. The molecular weight excluding hydrogens is 468 g/mol. The first-order valence-electron chi connectivity index (χ1n) is 12.7. The van der Waals surface area contributed by atoms with Crippen LogP contribution in [0.3, 0.4) is 0 Å². The summed E-state index contributed by atoms with van der Waals surface area (Å²) in [7, 11) is 1.95. The SMILES string of the molecule is Cc1cc(C)c(CNC(=O)c2cc3cc(-c4cn(C)cn4)cn3c(C(C)C3CNCCO3)c2C)c(=O)[nH]1. The maximum absolute atomic E-state index is 13.5. The number of nitrogens with one attached hydrogen (secondary N) is 3. The molecule has 194 valence electrons. The first kappa shape index (κ1) is 25.0. The Morgan fingerprint density at radius 2 is 2.05 bits per heavy atom. The fourth-order valence-electron chi connectivity index (χ4n) is 5.32. The molecule has 1 aliphatic heterocycles. The van der Waals surface area contributed by atoms with Crippen LogP contribution in [0.2, 0.25) is 0 Å². The van der Waals surface area contributed by atoms with Crippen LogP contribution >= 0.6 is 0 Å². The number of aromatic amines is 1. The molecule has 2 unspecified atom stereocenters. The second kappa shape index (κ2) is 9.99. The van der Waals surface area contributed by atoms with Gasteiger partial charge in [-0.2, -0.15) is 0 Å². The summed E-state index contributed by atoms with van der Waals surface area (Å²) >= 11 is 0. The minimum atomic E-state index is -0.212. The monoisotopic (exact) mass is 502 g/mol. The van der Waals surface area contributed by atoms with Gasteiger partial charge in [-0.3, -0.25) is 9.59 Å².